The molecule has 0 aliphatic carbocycles. The van der Waals surface area contributed by atoms with Crippen LogP contribution >= 0.6 is 0 Å². The monoisotopic (exact) mass is 326 g/mol. The molecular formula is C16H23FN2O4. The van der Waals surface area contributed by atoms with E-state index in [1.165, 1.54) is 18.2 Å². The number of hydrogen-bond donors (Lipinski definition) is 3. The molecule has 0 saturated carbocycles. The molecule has 0 aliphatic rings. The number of carbonyl (C=O) groups is 2. The third kappa shape index (κ3) is 7.49. The molecule has 0 heterocycles. The van der Waals surface area contributed by atoms with Gasteiger partial charge in [0.15, 0.2) is 0 Å². The lowest BCUT2D eigenvalue weighted by molar-refractivity contribution is -0.137. The molecule has 0 aliphatic heterocycles. The summed E-state index contributed by atoms with van der Waals surface area (Å²) in [5, 5.41) is 14.1. The molecule has 1 atom stereocenters. The Balaban J connectivity index is 2.71. The summed E-state index contributed by atoms with van der Waals surface area (Å²) in [6, 6.07) is 4.08. The number of amides is 1. The molecule has 3 N–H and O–H groups in total. The van der Waals surface area contributed by atoms with Crippen LogP contribution < -0.4 is 10.6 Å². The summed E-state index contributed by atoms with van der Waals surface area (Å²) in [6.07, 6.45) is -0.271. The maximum atomic E-state index is 13.8. The molecule has 0 saturated heterocycles. The minimum Gasteiger partial charge on any atom is -0.481 e. The second-order valence-corrected chi connectivity index (χ2v) is 6.30. The minimum atomic E-state index is -0.870. The number of rotatable bonds is 6. The number of anilines is 2. The Morgan fingerprint density at radius 2 is 2.00 bits per heavy atom. The fourth-order valence-corrected chi connectivity index (χ4v) is 1.82. The van der Waals surface area contributed by atoms with Crippen molar-refractivity contribution in [2.75, 3.05) is 10.6 Å². The lowest BCUT2D eigenvalue weighted by atomic mass is 10.1. The van der Waals surface area contributed by atoms with E-state index in [-0.39, 0.29) is 18.2 Å². The van der Waals surface area contributed by atoms with Gasteiger partial charge in [-0.1, -0.05) is 0 Å². The minimum absolute atomic E-state index is 0.00492. The van der Waals surface area contributed by atoms with E-state index >= 15 is 0 Å². The zero-order valence-electron chi connectivity index (χ0n) is 13.8. The van der Waals surface area contributed by atoms with E-state index < -0.39 is 23.5 Å². The van der Waals surface area contributed by atoms with Crippen molar-refractivity contribution >= 4 is 23.4 Å². The van der Waals surface area contributed by atoms with Gasteiger partial charge in [0.1, 0.15) is 11.4 Å². The van der Waals surface area contributed by atoms with E-state index in [9.17, 15) is 14.0 Å². The molecule has 7 heteroatoms. The molecule has 23 heavy (non-hydrogen) atoms. The van der Waals surface area contributed by atoms with Gasteiger partial charge in [-0.3, -0.25) is 10.1 Å². The molecular weight excluding hydrogens is 303 g/mol. The number of nitrogens with one attached hydrogen (secondary N) is 2. The van der Waals surface area contributed by atoms with E-state index in [1.54, 1.807) is 20.8 Å². The number of ether oxygens (including phenoxy) is 1. The van der Waals surface area contributed by atoms with E-state index in [1.807, 2.05) is 6.92 Å². The fraction of sp³-hybridized carbons (Fsp3) is 0.500. The van der Waals surface area contributed by atoms with E-state index in [4.69, 9.17) is 9.84 Å². The lowest BCUT2D eigenvalue weighted by Gasteiger charge is -2.20. The molecule has 1 rings (SSSR count). The first-order valence-electron chi connectivity index (χ1n) is 7.34. The Labute approximate surface area is 135 Å². The van der Waals surface area contributed by atoms with Gasteiger partial charge in [0.05, 0.1) is 5.69 Å². The van der Waals surface area contributed by atoms with Gasteiger partial charge in [-0.2, -0.15) is 0 Å². The molecule has 0 spiro atoms. The third-order valence-electron chi connectivity index (χ3n) is 2.81. The molecule has 0 fully saturated rings. The van der Waals surface area contributed by atoms with Crippen LogP contribution in [-0.2, 0) is 9.53 Å². The number of aliphatic carboxylic acids is 1. The maximum Gasteiger partial charge on any atom is 0.412 e. The third-order valence-corrected chi connectivity index (χ3v) is 2.81. The summed E-state index contributed by atoms with van der Waals surface area (Å²) in [7, 11) is 0. The van der Waals surface area contributed by atoms with Crippen molar-refractivity contribution in [2.24, 2.45) is 0 Å². The molecule has 0 bridgehead atoms. The van der Waals surface area contributed by atoms with Crippen molar-refractivity contribution in [3.05, 3.63) is 24.0 Å². The Bertz CT molecular complexity index is 570. The SMILES string of the molecule is CC(CCC(=O)O)Nc1ccc(F)c(NC(=O)OC(C)(C)C)c1. The average Bonchev–Trinajstić information content (AvgIpc) is 2.38. The van der Waals surface area contributed by atoms with E-state index in [2.05, 4.69) is 10.6 Å². The smallest absolute Gasteiger partial charge is 0.412 e. The fourth-order valence-electron chi connectivity index (χ4n) is 1.82. The van der Waals surface area contributed by atoms with Gasteiger partial charge in [0, 0.05) is 18.2 Å². The zero-order chi connectivity index (χ0) is 17.6. The Morgan fingerprint density at radius 1 is 1.35 bits per heavy atom. The summed E-state index contributed by atoms with van der Waals surface area (Å²) in [5.41, 5.74) is -0.105. The van der Waals surface area contributed by atoms with Crippen LogP contribution in [0.2, 0.25) is 0 Å². The van der Waals surface area contributed by atoms with Crippen LogP contribution in [0.25, 0.3) is 0 Å². The second kappa shape index (κ2) is 7.80. The van der Waals surface area contributed by atoms with Crippen LogP contribution in [0.1, 0.15) is 40.5 Å². The first-order chi connectivity index (χ1) is 10.6. The van der Waals surface area contributed by atoms with E-state index in [0.29, 0.717) is 12.1 Å². The Morgan fingerprint density at radius 3 is 2.57 bits per heavy atom. The topological polar surface area (TPSA) is 87.7 Å². The van der Waals surface area contributed by atoms with Crippen LogP contribution in [-0.4, -0.2) is 28.8 Å². The van der Waals surface area contributed by atoms with E-state index in [0.717, 1.165) is 0 Å². The summed E-state index contributed by atoms with van der Waals surface area (Å²) in [4.78, 5) is 22.3. The van der Waals surface area contributed by atoms with Gasteiger partial charge >= 0.3 is 12.1 Å². The predicted molar refractivity (Wildman–Crippen MR) is 86.2 cm³/mol. The van der Waals surface area contributed by atoms with Crippen molar-refractivity contribution in [3.8, 4) is 0 Å². The van der Waals surface area contributed by atoms with Crippen molar-refractivity contribution in [3.63, 3.8) is 0 Å². The van der Waals surface area contributed by atoms with Crippen molar-refractivity contribution in [2.45, 2.75) is 52.2 Å². The number of carbonyl (C=O) groups excluding carboxylic acids is 1. The van der Waals surface area contributed by atoms with Crippen molar-refractivity contribution in [1.29, 1.82) is 0 Å². The van der Waals surface area contributed by atoms with Crippen LogP contribution in [0, 0.1) is 5.82 Å². The molecule has 0 radical (unpaired) electrons. The van der Waals surface area contributed by atoms with Crippen LogP contribution in [0.15, 0.2) is 18.2 Å². The van der Waals surface area contributed by atoms with Gasteiger partial charge in [0.2, 0.25) is 0 Å². The lowest BCUT2D eigenvalue weighted by Crippen LogP contribution is -2.27. The van der Waals surface area contributed by atoms with Crippen LogP contribution in [0.4, 0.5) is 20.6 Å². The average molecular weight is 326 g/mol. The normalized spacial score (nSPS) is 12.4. The molecule has 1 aromatic rings. The molecule has 0 aromatic heterocycles. The van der Waals surface area contributed by atoms with Crippen molar-refractivity contribution < 1.29 is 23.8 Å². The van der Waals surface area contributed by atoms with Gasteiger partial charge < -0.3 is 15.2 Å². The first-order valence-corrected chi connectivity index (χ1v) is 7.34. The number of halogens is 1. The summed E-state index contributed by atoms with van der Waals surface area (Å²) < 4.78 is 18.9. The summed E-state index contributed by atoms with van der Waals surface area (Å²) in [5.74, 6) is -1.45. The highest BCUT2D eigenvalue weighted by Crippen LogP contribution is 2.21. The maximum absolute atomic E-state index is 13.8. The predicted octanol–water partition coefficient (Wildman–Crippen LogP) is 3.84. The quantitative estimate of drug-likeness (QED) is 0.739. The molecule has 1 amide bonds. The molecule has 1 aromatic carbocycles. The number of carboxylic acid groups (broad SMARTS) is 1. The number of benzene rings is 1. The van der Waals surface area contributed by atoms with Crippen LogP contribution in [0.5, 0.6) is 0 Å². The Kier molecular flexibility index (Phi) is 6.36. The van der Waals surface area contributed by atoms with Gasteiger partial charge in [-0.15, -0.1) is 0 Å². The largest absolute Gasteiger partial charge is 0.481 e. The number of carboxylic acids is 1. The zero-order valence-corrected chi connectivity index (χ0v) is 13.8. The molecule has 1 unspecified atom stereocenters. The second-order valence-electron chi connectivity index (χ2n) is 6.30. The highest BCUT2D eigenvalue weighted by Gasteiger charge is 2.17. The Hall–Kier alpha value is -2.31. The highest BCUT2D eigenvalue weighted by atomic mass is 19.1. The first kappa shape index (κ1) is 18.7. The molecule has 128 valence electrons. The van der Waals surface area contributed by atoms with Crippen molar-refractivity contribution in [1.82, 2.24) is 0 Å². The molecule has 6 nitrogen and oxygen atoms in total. The standard InChI is InChI=1S/C16H23FN2O4/c1-10(5-8-14(20)21)18-11-6-7-12(17)13(9-11)19-15(22)23-16(2,3)4/h6-7,9-10,18H,5,8H2,1-4H3,(H,19,22)(H,20,21). The summed E-state index contributed by atoms with van der Waals surface area (Å²) in [6.45, 7) is 6.97. The van der Waals surface area contributed by atoms with Crippen LogP contribution in [0.3, 0.4) is 0 Å². The summed E-state index contributed by atoms with van der Waals surface area (Å²) >= 11 is 0. The van der Waals surface area contributed by atoms with Gasteiger partial charge in [-0.05, 0) is 52.3 Å². The number of hydrogen-bond acceptors (Lipinski definition) is 4. The van der Waals surface area contributed by atoms with Gasteiger partial charge in [0.25, 0.3) is 0 Å². The van der Waals surface area contributed by atoms with Gasteiger partial charge in [-0.25, -0.2) is 9.18 Å². The highest BCUT2D eigenvalue weighted by molar-refractivity contribution is 5.85.